The molecule has 0 unspecified atom stereocenters. The summed E-state index contributed by atoms with van der Waals surface area (Å²) in [5, 5.41) is 9.70. The maximum Gasteiger partial charge on any atom is 0.255 e. The standard InChI is InChI=1S/C12H17ClN2O3/c1-18-7-6-15(5-4-14)12(17)10-8-9(16)2-3-11(10)13/h2-3,8,16H,4-7,14H2,1H3. The third kappa shape index (κ3) is 3.87. The number of hydrogen-bond donors (Lipinski definition) is 2. The molecule has 0 aromatic heterocycles. The van der Waals surface area contributed by atoms with E-state index in [2.05, 4.69) is 0 Å². The lowest BCUT2D eigenvalue weighted by Gasteiger charge is -2.22. The lowest BCUT2D eigenvalue weighted by atomic mass is 10.2. The first-order chi connectivity index (χ1) is 8.60. The molecular weight excluding hydrogens is 256 g/mol. The molecule has 0 fully saturated rings. The molecule has 0 aliphatic rings. The number of ether oxygens (including phenoxy) is 1. The van der Waals surface area contributed by atoms with Crippen molar-refractivity contribution in [2.24, 2.45) is 5.73 Å². The van der Waals surface area contributed by atoms with Crippen LogP contribution in [0.4, 0.5) is 0 Å². The molecule has 0 heterocycles. The van der Waals surface area contributed by atoms with E-state index in [-0.39, 0.29) is 17.2 Å². The third-order valence-corrected chi connectivity index (χ3v) is 2.76. The summed E-state index contributed by atoms with van der Waals surface area (Å²) in [6.45, 7) is 1.61. The van der Waals surface area contributed by atoms with E-state index in [9.17, 15) is 9.90 Å². The average molecular weight is 273 g/mol. The molecule has 100 valence electrons. The Morgan fingerprint density at radius 3 is 2.83 bits per heavy atom. The number of aromatic hydroxyl groups is 1. The van der Waals surface area contributed by atoms with Crippen molar-refractivity contribution in [2.45, 2.75) is 0 Å². The molecule has 5 nitrogen and oxygen atoms in total. The minimum Gasteiger partial charge on any atom is -0.508 e. The largest absolute Gasteiger partial charge is 0.508 e. The summed E-state index contributed by atoms with van der Waals surface area (Å²) in [5.41, 5.74) is 5.73. The van der Waals surface area contributed by atoms with Gasteiger partial charge < -0.3 is 20.5 Å². The minimum absolute atomic E-state index is 0.00203. The van der Waals surface area contributed by atoms with Crippen LogP contribution in [0.5, 0.6) is 5.75 Å². The molecular formula is C12H17ClN2O3. The van der Waals surface area contributed by atoms with Gasteiger partial charge in [-0.2, -0.15) is 0 Å². The van der Waals surface area contributed by atoms with E-state index in [1.54, 1.807) is 12.0 Å². The van der Waals surface area contributed by atoms with Crippen LogP contribution in [0.15, 0.2) is 18.2 Å². The molecule has 0 saturated heterocycles. The Morgan fingerprint density at radius 1 is 1.50 bits per heavy atom. The highest BCUT2D eigenvalue weighted by molar-refractivity contribution is 6.33. The van der Waals surface area contributed by atoms with Crippen LogP contribution in [-0.2, 0) is 4.74 Å². The topological polar surface area (TPSA) is 75.8 Å². The van der Waals surface area contributed by atoms with Crippen LogP contribution in [0.1, 0.15) is 10.4 Å². The summed E-state index contributed by atoms with van der Waals surface area (Å²) >= 11 is 5.95. The van der Waals surface area contributed by atoms with Gasteiger partial charge >= 0.3 is 0 Å². The summed E-state index contributed by atoms with van der Waals surface area (Å²) in [7, 11) is 1.56. The fraction of sp³-hybridized carbons (Fsp3) is 0.417. The Bertz CT molecular complexity index is 412. The summed E-state index contributed by atoms with van der Waals surface area (Å²) in [4.78, 5) is 13.8. The molecule has 0 atom stereocenters. The van der Waals surface area contributed by atoms with E-state index in [1.165, 1.54) is 18.2 Å². The minimum atomic E-state index is -0.265. The van der Waals surface area contributed by atoms with Gasteiger partial charge in [0.05, 0.1) is 17.2 Å². The van der Waals surface area contributed by atoms with Gasteiger partial charge in [-0.1, -0.05) is 11.6 Å². The number of methoxy groups -OCH3 is 1. The highest BCUT2D eigenvalue weighted by Crippen LogP contribution is 2.22. The number of nitrogens with two attached hydrogens (primary N) is 1. The number of benzene rings is 1. The number of phenols is 1. The number of hydrogen-bond acceptors (Lipinski definition) is 4. The summed E-state index contributed by atoms with van der Waals surface area (Å²) in [5.74, 6) is -0.263. The zero-order valence-corrected chi connectivity index (χ0v) is 11.0. The van der Waals surface area contributed by atoms with E-state index < -0.39 is 0 Å². The van der Waals surface area contributed by atoms with Gasteiger partial charge in [0.2, 0.25) is 0 Å². The van der Waals surface area contributed by atoms with Crippen molar-refractivity contribution in [2.75, 3.05) is 33.4 Å². The van der Waals surface area contributed by atoms with E-state index in [1.807, 2.05) is 0 Å². The van der Waals surface area contributed by atoms with Crippen molar-refractivity contribution in [1.29, 1.82) is 0 Å². The fourth-order valence-electron chi connectivity index (χ4n) is 1.52. The lowest BCUT2D eigenvalue weighted by Crippen LogP contribution is -2.37. The lowest BCUT2D eigenvalue weighted by molar-refractivity contribution is 0.0701. The molecule has 0 aliphatic carbocycles. The Hall–Kier alpha value is -1.30. The molecule has 0 aliphatic heterocycles. The van der Waals surface area contributed by atoms with Gasteiger partial charge in [0.25, 0.3) is 5.91 Å². The van der Waals surface area contributed by atoms with Crippen molar-refractivity contribution >= 4 is 17.5 Å². The normalized spacial score (nSPS) is 10.4. The van der Waals surface area contributed by atoms with Crippen LogP contribution in [0.25, 0.3) is 0 Å². The molecule has 3 N–H and O–H groups in total. The van der Waals surface area contributed by atoms with E-state index in [4.69, 9.17) is 22.1 Å². The number of halogens is 1. The van der Waals surface area contributed by atoms with E-state index in [0.29, 0.717) is 31.3 Å². The van der Waals surface area contributed by atoms with Crippen LogP contribution < -0.4 is 5.73 Å². The monoisotopic (exact) mass is 272 g/mol. The third-order valence-electron chi connectivity index (χ3n) is 2.43. The van der Waals surface area contributed by atoms with Crippen LogP contribution in [-0.4, -0.2) is 49.3 Å². The van der Waals surface area contributed by atoms with Crippen molar-refractivity contribution in [1.82, 2.24) is 4.90 Å². The zero-order chi connectivity index (χ0) is 13.5. The van der Waals surface area contributed by atoms with Crippen molar-refractivity contribution in [3.63, 3.8) is 0 Å². The molecule has 1 aromatic carbocycles. The van der Waals surface area contributed by atoms with Gasteiger partial charge in [0.1, 0.15) is 5.75 Å². The smallest absolute Gasteiger partial charge is 0.255 e. The molecule has 18 heavy (non-hydrogen) atoms. The SMILES string of the molecule is COCCN(CCN)C(=O)c1cc(O)ccc1Cl. The second-order valence-corrected chi connectivity index (χ2v) is 4.15. The Balaban J connectivity index is 2.90. The predicted molar refractivity (Wildman–Crippen MR) is 70.0 cm³/mol. The molecule has 1 rings (SSSR count). The van der Waals surface area contributed by atoms with E-state index >= 15 is 0 Å². The molecule has 1 amide bonds. The Labute approximate surface area is 111 Å². The molecule has 0 bridgehead atoms. The van der Waals surface area contributed by atoms with Gasteiger partial charge in [-0.3, -0.25) is 4.79 Å². The van der Waals surface area contributed by atoms with E-state index in [0.717, 1.165) is 0 Å². The van der Waals surface area contributed by atoms with Gasteiger partial charge in [0.15, 0.2) is 0 Å². The first-order valence-corrected chi connectivity index (χ1v) is 5.94. The number of carbonyl (C=O) groups is 1. The second-order valence-electron chi connectivity index (χ2n) is 3.74. The Morgan fingerprint density at radius 2 is 2.22 bits per heavy atom. The second kappa shape index (κ2) is 7.20. The maximum atomic E-state index is 12.2. The van der Waals surface area contributed by atoms with Gasteiger partial charge in [-0.25, -0.2) is 0 Å². The van der Waals surface area contributed by atoms with Crippen LogP contribution in [0.3, 0.4) is 0 Å². The predicted octanol–water partition coefficient (Wildman–Crippen LogP) is 1.09. The number of carbonyl (C=O) groups excluding carboxylic acids is 1. The number of rotatable bonds is 6. The maximum absolute atomic E-state index is 12.2. The van der Waals surface area contributed by atoms with Gasteiger partial charge in [-0.05, 0) is 18.2 Å². The molecule has 1 aromatic rings. The van der Waals surface area contributed by atoms with Gasteiger partial charge in [0, 0.05) is 26.7 Å². The molecule has 0 saturated carbocycles. The number of amides is 1. The first kappa shape index (κ1) is 14.8. The average Bonchev–Trinajstić information content (AvgIpc) is 2.36. The summed E-state index contributed by atoms with van der Waals surface area (Å²) in [6.07, 6.45) is 0. The number of nitrogens with zero attached hydrogens (tertiary/aromatic N) is 1. The zero-order valence-electron chi connectivity index (χ0n) is 10.2. The van der Waals surface area contributed by atoms with Crippen molar-refractivity contribution < 1.29 is 14.6 Å². The van der Waals surface area contributed by atoms with Gasteiger partial charge in [-0.15, -0.1) is 0 Å². The highest BCUT2D eigenvalue weighted by atomic mass is 35.5. The Kier molecular flexibility index (Phi) is 5.91. The molecule has 0 radical (unpaired) electrons. The number of phenolic OH excluding ortho intramolecular Hbond substituents is 1. The fourth-order valence-corrected chi connectivity index (χ4v) is 1.72. The van der Waals surface area contributed by atoms with Crippen molar-refractivity contribution in [3.05, 3.63) is 28.8 Å². The highest BCUT2D eigenvalue weighted by Gasteiger charge is 2.18. The van der Waals surface area contributed by atoms with Crippen LogP contribution >= 0.6 is 11.6 Å². The molecule has 6 heteroatoms. The summed E-state index contributed by atoms with van der Waals surface area (Å²) < 4.78 is 4.94. The van der Waals surface area contributed by atoms with Crippen molar-refractivity contribution in [3.8, 4) is 5.75 Å². The first-order valence-electron chi connectivity index (χ1n) is 5.57. The van der Waals surface area contributed by atoms with Crippen LogP contribution in [0, 0.1) is 0 Å². The summed E-state index contributed by atoms with van der Waals surface area (Å²) in [6, 6.07) is 4.27. The molecule has 0 spiro atoms. The van der Waals surface area contributed by atoms with Crippen LogP contribution in [0.2, 0.25) is 5.02 Å². The quantitative estimate of drug-likeness (QED) is 0.813.